The Hall–Kier alpha value is -3.62. The normalized spacial score (nSPS) is 14.0. The van der Waals surface area contributed by atoms with Crippen molar-refractivity contribution in [2.75, 3.05) is 55.4 Å². The smallest absolute Gasteiger partial charge is 0.289 e. The molecule has 1 aromatic carbocycles. The van der Waals surface area contributed by atoms with Gasteiger partial charge in [-0.2, -0.15) is 10.1 Å². The van der Waals surface area contributed by atoms with Gasteiger partial charge in [0, 0.05) is 51.6 Å². The minimum absolute atomic E-state index is 0.0843. The molecule has 1 saturated heterocycles. The first-order valence-corrected chi connectivity index (χ1v) is 9.42. The molecule has 0 bridgehead atoms. The Balaban J connectivity index is 1.38. The Morgan fingerprint density at radius 1 is 1.10 bits per heavy atom. The maximum atomic E-state index is 12.4. The highest BCUT2D eigenvalue weighted by Crippen LogP contribution is 2.20. The Bertz CT molecular complexity index is 949. The third kappa shape index (κ3) is 4.29. The van der Waals surface area contributed by atoms with Crippen LogP contribution >= 0.6 is 0 Å². The van der Waals surface area contributed by atoms with E-state index in [9.17, 15) is 4.79 Å². The number of aromatic nitrogens is 3. The number of benzene rings is 1. The van der Waals surface area contributed by atoms with Crippen molar-refractivity contribution < 1.29 is 9.21 Å². The van der Waals surface area contributed by atoms with Crippen molar-refractivity contribution in [3.05, 3.63) is 54.6 Å². The highest BCUT2D eigenvalue weighted by atomic mass is 16.3. The number of carbonyl (C=O) groups is 1. The summed E-state index contributed by atoms with van der Waals surface area (Å²) >= 11 is 0. The van der Waals surface area contributed by atoms with Crippen LogP contribution in [0.4, 0.5) is 23.1 Å². The molecule has 1 N–H and O–H groups in total. The van der Waals surface area contributed by atoms with Gasteiger partial charge in [-0.05, 0) is 36.4 Å². The van der Waals surface area contributed by atoms with E-state index in [1.165, 1.54) is 6.26 Å². The minimum atomic E-state index is -0.0843. The van der Waals surface area contributed by atoms with Gasteiger partial charge in [-0.3, -0.25) is 4.79 Å². The summed E-state index contributed by atoms with van der Waals surface area (Å²) in [6.45, 7) is 2.53. The van der Waals surface area contributed by atoms with Crippen molar-refractivity contribution in [1.29, 1.82) is 0 Å². The summed E-state index contributed by atoms with van der Waals surface area (Å²) < 4.78 is 5.21. The van der Waals surface area contributed by atoms with Crippen molar-refractivity contribution in [1.82, 2.24) is 20.1 Å². The zero-order chi connectivity index (χ0) is 20.2. The first-order valence-electron chi connectivity index (χ1n) is 9.42. The van der Waals surface area contributed by atoms with Crippen LogP contribution in [0.25, 0.3) is 0 Å². The molecule has 29 heavy (non-hydrogen) atoms. The molecule has 9 heteroatoms. The second-order valence-electron chi connectivity index (χ2n) is 6.96. The van der Waals surface area contributed by atoms with Crippen LogP contribution in [-0.2, 0) is 0 Å². The third-order valence-electron chi connectivity index (χ3n) is 4.81. The number of piperazine rings is 1. The van der Waals surface area contributed by atoms with Crippen molar-refractivity contribution in [3.8, 4) is 0 Å². The number of amides is 1. The summed E-state index contributed by atoms with van der Waals surface area (Å²) in [5, 5.41) is 11.3. The highest BCUT2D eigenvalue weighted by molar-refractivity contribution is 5.91. The number of rotatable bonds is 5. The molecule has 0 atom stereocenters. The topological polar surface area (TPSA) is 90.6 Å². The highest BCUT2D eigenvalue weighted by Gasteiger charge is 2.24. The average molecular weight is 393 g/mol. The SMILES string of the molecule is CN(C)c1ccc(Nc2nncc(N3CCN(C(=O)c4ccco4)CC3)n2)cc1. The largest absolute Gasteiger partial charge is 0.459 e. The standard InChI is InChI=1S/C20H23N7O2/c1-25(2)16-7-5-15(6-8-16)22-20-23-18(14-21-24-20)26-9-11-27(12-10-26)19(28)17-4-3-13-29-17/h3-8,13-14H,9-12H2,1-2H3,(H,22,23,24). The van der Waals surface area contributed by atoms with Crippen LogP contribution in [0.3, 0.4) is 0 Å². The molecular formula is C20H23N7O2. The second-order valence-corrected chi connectivity index (χ2v) is 6.96. The predicted octanol–water partition coefficient (Wildman–Crippen LogP) is 2.24. The van der Waals surface area contributed by atoms with Crippen molar-refractivity contribution in [3.63, 3.8) is 0 Å². The molecule has 0 spiro atoms. The van der Waals surface area contributed by atoms with Crippen LogP contribution in [0.2, 0.25) is 0 Å². The van der Waals surface area contributed by atoms with E-state index in [-0.39, 0.29) is 5.91 Å². The molecule has 1 fully saturated rings. The summed E-state index contributed by atoms with van der Waals surface area (Å²) in [5.41, 5.74) is 2.01. The fraction of sp³-hybridized carbons (Fsp3) is 0.300. The van der Waals surface area contributed by atoms with Gasteiger partial charge in [0.2, 0.25) is 5.95 Å². The lowest BCUT2D eigenvalue weighted by Gasteiger charge is -2.34. The maximum Gasteiger partial charge on any atom is 0.289 e. The van der Waals surface area contributed by atoms with E-state index in [2.05, 4.69) is 25.4 Å². The summed E-state index contributed by atoms with van der Waals surface area (Å²) in [6, 6.07) is 11.4. The molecule has 0 saturated carbocycles. The number of hydrogen-bond donors (Lipinski definition) is 1. The summed E-state index contributed by atoms with van der Waals surface area (Å²) in [7, 11) is 4.00. The van der Waals surface area contributed by atoms with E-state index in [1.54, 1.807) is 23.2 Å². The molecule has 3 aromatic rings. The van der Waals surface area contributed by atoms with E-state index in [0.717, 1.165) is 17.2 Å². The number of anilines is 4. The first kappa shape index (κ1) is 18.7. The molecule has 9 nitrogen and oxygen atoms in total. The van der Waals surface area contributed by atoms with E-state index in [0.29, 0.717) is 37.9 Å². The van der Waals surface area contributed by atoms with Crippen LogP contribution in [0, 0.1) is 0 Å². The molecule has 3 heterocycles. The van der Waals surface area contributed by atoms with Gasteiger partial charge in [0.25, 0.3) is 5.91 Å². The van der Waals surface area contributed by atoms with Gasteiger partial charge in [-0.25, -0.2) is 0 Å². The van der Waals surface area contributed by atoms with Crippen LogP contribution in [0.1, 0.15) is 10.6 Å². The lowest BCUT2D eigenvalue weighted by atomic mass is 10.2. The van der Waals surface area contributed by atoms with Crippen LogP contribution in [0.15, 0.2) is 53.3 Å². The van der Waals surface area contributed by atoms with E-state index in [4.69, 9.17) is 4.42 Å². The molecule has 1 aliphatic rings. The second kappa shape index (κ2) is 8.17. The van der Waals surface area contributed by atoms with Crippen molar-refractivity contribution in [2.24, 2.45) is 0 Å². The fourth-order valence-electron chi connectivity index (χ4n) is 3.17. The van der Waals surface area contributed by atoms with Gasteiger partial charge in [-0.1, -0.05) is 0 Å². The van der Waals surface area contributed by atoms with Gasteiger partial charge in [0.05, 0.1) is 12.5 Å². The van der Waals surface area contributed by atoms with Gasteiger partial charge in [0.15, 0.2) is 11.6 Å². The molecule has 1 amide bonds. The molecule has 2 aromatic heterocycles. The van der Waals surface area contributed by atoms with E-state index in [1.807, 2.05) is 43.3 Å². The molecule has 4 rings (SSSR count). The Labute approximate surface area is 169 Å². The summed E-state index contributed by atoms with van der Waals surface area (Å²) in [5.74, 6) is 1.46. The van der Waals surface area contributed by atoms with E-state index >= 15 is 0 Å². The van der Waals surface area contributed by atoms with Gasteiger partial charge in [0.1, 0.15) is 0 Å². The quantitative estimate of drug-likeness (QED) is 0.706. The van der Waals surface area contributed by atoms with E-state index < -0.39 is 0 Å². The molecular weight excluding hydrogens is 370 g/mol. The number of nitrogens with zero attached hydrogens (tertiary/aromatic N) is 6. The Kier molecular flexibility index (Phi) is 5.28. The van der Waals surface area contributed by atoms with Crippen molar-refractivity contribution in [2.45, 2.75) is 0 Å². The van der Waals surface area contributed by atoms with Crippen LogP contribution < -0.4 is 15.1 Å². The first-order chi connectivity index (χ1) is 14.1. The number of furan rings is 1. The predicted molar refractivity (Wildman–Crippen MR) is 111 cm³/mol. The molecule has 150 valence electrons. The molecule has 0 unspecified atom stereocenters. The minimum Gasteiger partial charge on any atom is -0.459 e. The van der Waals surface area contributed by atoms with Gasteiger partial charge < -0.3 is 24.4 Å². The number of carbonyl (C=O) groups excluding carboxylic acids is 1. The number of hydrogen-bond acceptors (Lipinski definition) is 8. The summed E-state index contributed by atoms with van der Waals surface area (Å²) in [4.78, 5) is 22.9. The Morgan fingerprint density at radius 2 is 1.86 bits per heavy atom. The molecule has 0 radical (unpaired) electrons. The lowest BCUT2D eigenvalue weighted by molar-refractivity contribution is 0.0714. The average Bonchev–Trinajstić information content (AvgIpc) is 3.29. The summed E-state index contributed by atoms with van der Waals surface area (Å²) in [6.07, 6.45) is 3.16. The van der Waals surface area contributed by atoms with Crippen molar-refractivity contribution >= 4 is 29.0 Å². The Morgan fingerprint density at radius 3 is 2.52 bits per heavy atom. The van der Waals surface area contributed by atoms with Gasteiger partial charge >= 0.3 is 0 Å². The molecule has 1 aliphatic heterocycles. The maximum absolute atomic E-state index is 12.4. The third-order valence-corrected chi connectivity index (χ3v) is 4.81. The van der Waals surface area contributed by atoms with Gasteiger partial charge in [-0.15, -0.1) is 5.10 Å². The lowest BCUT2D eigenvalue weighted by Crippen LogP contribution is -2.49. The van der Waals surface area contributed by atoms with Crippen LogP contribution in [-0.4, -0.2) is 66.3 Å². The monoisotopic (exact) mass is 393 g/mol. The zero-order valence-corrected chi connectivity index (χ0v) is 16.4. The zero-order valence-electron chi connectivity index (χ0n) is 16.4. The molecule has 0 aliphatic carbocycles. The number of nitrogens with one attached hydrogen (secondary N) is 1. The fourth-order valence-corrected chi connectivity index (χ4v) is 3.17. The van der Waals surface area contributed by atoms with Crippen LogP contribution in [0.5, 0.6) is 0 Å².